The first-order valence-electron chi connectivity index (χ1n) is 7.23. The number of hydrogen-bond donors (Lipinski definition) is 0. The van der Waals surface area contributed by atoms with Crippen LogP contribution in [0.4, 0.5) is 0 Å². The topological polar surface area (TPSA) is 56.9 Å². The molecule has 0 atom stereocenters. The summed E-state index contributed by atoms with van der Waals surface area (Å²) in [6.07, 6.45) is 0. The van der Waals surface area contributed by atoms with Gasteiger partial charge >= 0.3 is 5.69 Å². The van der Waals surface area contributed by atoms with Crippen molar-refractivity contribution < 1.29 is 4.79 Å². The molecule has 3 aromatic rings. The van der Waals surface area contributed by atoms with Crippen molar-refractivity contribution in [2.75, 3.05) is 0 Å². The normalized spacial score (nSPS) is 12.5. The average molecular weight is 323 g/mol. The number of benzene rings is 2. The Hall–Kier alpha value is -2.60. The number of thioether (sulfide) groups is 1. The maximum absolute atomic E-state index is 12.6. The number of para-hydroxylation sites is 1. The van der Waals surface area contributed by atoms with Gasteiger partial charge in [-0.05, 0) is 12.1 Å². The summed E-state index contributed by atoms with van der Waals surface area (Å²) in [5.74, 6) is 1.18. The van der Waals surface area contributed by atoms with Gasteiger partial charge in [-0.2, -0.15) is 5.10 Å². The number of nitrogens with zero attached hydrogens (tertiary/aromatic N) is 3. The van der Waals surface area contributed by atoms with Crippen LogP contribution in [0.2, 0.25) is 0 Å². The molecule has 23 heavy (non-hydrogen) atoms. The molecule has 0 radical (unpaired) electrons. The predicted molar refractivity (Wildman–Crippen MR) is 88.2 cm³/mol. The number of hydrogen-bond acceptors (Lipinski definition) is 4. The minimum atomic E-state index is -0.267. The molecule has 0 spiro atoms. The summed E-state index contributed by atoms with van der Waals surface area (Å²) in [6, 6.07) is 16.7. The zero-order valence-electron chi connectivity index (χ0n) is 12.2. The fraction of sp³-hybridized carbons (Fsp3) is 0.118. The second kappa shape index (κ2) is 5.55. The van der Waals surface area contributed by atoms with Crippen molar-refractivity contribution in [2.24, 2.45) is 0 Å². The summed E-state index contributed by atoms with van der Waals surface area (Å²) in [6.45, 7) is -0.0460. The lowest BCUT2D eigenvalue weighted by atomic mass is 10.1. The smallest absolute Gasteiger partial charge is 0.292 e. The highest BCUT2D eigenvalue weighted by Crippen LogP contribution is 2.32. The number of Topliss-reactive ketones (excluding diaryl/α,β-unsaturated/α-hetero) is 1. The highest BCUT2D eigenvalue weighted by molar-refractivity contribution is 7.98. The van der Waals surface area contributed by atoms with Gasteiger partial charge in [-0.3, -0.25) is 4.79 Å². The van der Waals surface area contributed by atoms with Crippen molar-refractivity contribution in [2.45, 2.75) is 17.2 Å². The van der Waals surface area contributed by atoms with Gasteiger partial charge in [0, 0.05) is 10.5 Å². The Balaban J connectivity index is 1.73. The third kappa shape index (κ3) is 2.41. The minimum Gasteiger partial charge on any atom is -0.292 e. The van der Waals surface area contributed by atoms with E-state index in [1.54, 1.807) is 40.6 Å². The Labute approximate surface area is 136 Å². The van der Waals surface area contributed by atoms with Gasteiger partial charge in [0.05, 0.1) is 11.4 Å². The number of carbonyl (C=O) groups is 1. The first-order valence-corrected chi connectivity index (χ1v) is 8.22. The second-order valence-electron chi connectivity index (χ2n) is 5.24. The molecule has 0 unspecified atom stereocenters. The minimum absolute atomic E-state index is 0.0460. The van der Waals surface area contributed by atoms with Crippen LogP contribution in [-0.2, 0) is 12.3 Å². The fourth-order valence-electron chi connectivity index (χ4n) is 2.65. The maximum Gasteiger partial charge on any atom is 0.351 e. The zero-order chi connectivity index (χ0) is 15.8. The molecule has 1 aromatic heterocycles. The third-order valence-electron chi connectivity index (χ3n) is 3.76. The van der Waals surface area contributed by atoms with Crippen LogP contribution in [0.5, 0.6) is 0 Å². The van der Waals surface area contributed by atoms with Crippen molar-refractivity contribution in [3.05, 3.63) is 76.5 Å². The second-order valence-corrected chi connectivity index (χ2v) is 6.25. The summed E-state index contributed by atoms with van der Waals surface area (Å²) in [5.41, 5.74) is 1.15. The Bertz CT molecular complexity index is 944. The molecule has 2 heterocycles. The Morgan fingerprint density at radius 1 is 1.09 bits per heavy atom. The molecule has 1 aliphatic rings. The van der Waals surface area contributed by atoms with Gasteiger partial charge in [0.15, 0.2) is 5.78 Å². The zero-order valence-corrected chi connectivity index (χ0v) is 13.0. The summed E-state index contributed by atoms with van der Waals surface area (Å²) in [7, 11) is 0. The van der Waals surface area contributed by atoms with Crippen LogP contribution in [0, 0.1) is 0 Å². The molecule has 0 aliphatic carbocycles. The van der Waals surface area contributed by atoms with E-state index in [4.69, 9.17) is 0 Å². The molecule has 5 nitrogen and oxygen atoms in total. The van der Waals surface area contributed by atoms with Crippen molar-refractivity contribution in [1.29, 1.82) is 0 Å². The molecular formula is C17H13N3O2S. The van der Waals surface area contributed by atoms with E-state index in [1.807, 2.05) is 30.3 Å². The molecule has 0 saturated heterocycles. The molecule has 6 heteroatoms. The fourth-order valence-corrected chi connectivity index (χ4v) is 3.60. The number of aromatic nitrogens is 3. The maximum atomic E-state index is 12.6. The first kappa shape index (κ1) is 14.0. The van der Waals surface area contributed by atoms with Crippen molar-refractivity contribution >= 4 is 17.5 Å². The van der Waals surface area contributed by atoms with Crippen molar-refractivity contribution in [3.63, 3.8) is 0 Å². The third-order valence-corrected chi connectivity index (χ3v) is 4.82. The van der Waals surface area contributed by atoms with Crippen molar-refractivity contribution in [1.82, 2.24) is 14.3 Å². The molecule has 114 valence electrons. The van der Waals surface area contributed by atoms with Gasteiger partial charge in [0.2, 0.25) is 0 Å². The standard InChI is InChI=1S/C17H13N3O2S/c21-14(12-6-2-1-3-7-12)10-19-17(22)20-13-8-4-5-9-15(13)23-11-16(20)18-19/h1-9H,10-11H2. The lowest BCUT2D eigenvalue weighted by Crippen LogP contribution is -2.28. The number of carbonyl (C=O) groups excluding carboxylic acids is 1. The van der Waals surface area contributed by atoms with E-state index < -0.39 is 0 Å². The summed E-state index contributed by atoms with van der Waals surface area (Å²) in [5, 5.41) is 4.34. The van der Waals surface area contributed by atoms with E-state index in [0.29, 0.717) is 17.1 Å². The monoisotopic (exact) mass is 323 g/mol. The predicted octanol–water partition coefficient (Wildman–Crippen LogP) is 2.52. The highest BCUT2D eigenvalue weighted by atomic mass is 32.2. The average Bonchev–Trinajstić information content (AvgIpc) is 2.92. The lowest BCUT2D eigenvalue weighted by Gasteiger charge is -2.15. The van der Waals surface area contributed by atoms with E-state index >= 15 is 0 Å². The first-order chi connectivity index (χ1) is 11.2. The molecule has 0 N–H and O–H groups in total. The van der Waals surface area contributed by atoms with Crippen LogP contribution in [-0.4, -0.2) is 20.1 Å². The Morgan fingerprint density at radius 2 is 1.83 bits per heavy atom. The van der Waals surface area contributed by atoms with E-state index in [9.17, 15) is 9.59 Å². The summed E-state index contributed by atoms with van der Waals surface area (Å²) >= 11 is 1.65. The SMILES string of the molecule is O=C(Cn1nc2n(c1=O)-c1ccccc1SC2)c1ccccc1. The van der Waals surface area contributed by atoms with Gasteiger partial charge < -0.3 is 0 Å². The van der Waals surface area contributed by atoms with Crippen LogP contribution in [0.3, 0.4) is 0 Å². The Kier molecular flexibility index (Phi) is 3.38. The van der Waals surface area contributed by atoms with E-state index in [-0.39, 0.29) is 18.0 Å². The van der Waals surface area contributed by atoms with Crippen LogP contribution < -0.4 is 5.69 Å². The quantitative estimate of drug-likeness (QED) is 0.695. The van der Waals surface area contributed by atoms with Crippen LogP contribution >= 0.6 is 11.8 Å². The van der Waals surface area contributed by atoms with Crippen LogP contribution in [0.1, 0.15) is 16.2 Å². The number of fused-ring (bicyclic) bond motifs is 3. The van der Waals surface area contributed by atoms with Gasteiger partial charge in [0.25, 0.3) is 0 Å². The largest absolute Gasteiger partial charge is 0.351 e. The molecule has 2 aromatic carbocycles. The molecule has 1 aliphatic heterocycles. The molecule has 0 bridgehead atoms. The summed E-state index contributed by atoms with van der Waals surface area (Å²) < 4.78 is 2.86. The van der Waals surface area contributed by atoms with Crippen LogP contribution in [0.15, 0.2) is 64.3 Å². The molecule has 0 saturated carbocycles. The highest BCUT2D eigenvalue weighted by Gasteiger charge is 2.23. The van der Waals surface area contributed by atoms with Gasteiger partial charge in [-0.25, -0.2) is 14.0 Å². The molecule has 0 amide bonds. The van der Waals surface area contributed by atoms with E-state index in [2.05, 4.69) is 5.10 Å². The summed E-state index contributed by atoms with van der Waals surface area (Å²) in [4.78, 5) is 26.0. The lowest BCUT2D eigenvalue weighted by molar-refractivity contribution is 0.0966. The Morgan fingerprint density at radius 3 is 2.65 bits per heavy atom. The van der Waals surface area contributed by atoms with E-state index in [1.165, 1.54) is 4.68 Å². The van der Waals surface area contributed by atoms with Crippen LogP contribution in [0.25, 0.3) is 5.69 Å². The molecular weight excluding hydrogens is 310 g/mol. The van der Waals surface area contributed by atoms with Gasteiger partial charge in [-0.1, -0.05) is 42.5 Å². The molecule has 0 fully saturated rings. The number of rotatable bonds is 3. The number of ketones is 1. The van der Waals surface area contributed by atoms with Gasteiger partial charge in [-0.15, -0.1) is 11.8 Å². The van der Waals surface area contributed by atoms with Crippen molar-refractivity contribution in [3.8, 4) is 5.69 Å². The molecule has 4 rings (SSSR count). The van der Waals surface area contributed by atoms with E-state index in [0.717, 1.165) is 10.6 Å². The van der Waals surface area contributed by atoms with Gasteiger partial charge in [0.1, 0.15) is 12.4 Å².